The molecule has 0 aromatic heterocycles. The molecule has 2 heteroatoms. The van der Waals surface area contributed by atoms with Gasteiger partial charge in [0.1, 0.15) is 0 Å². The third-order valence-electron chi connectivity index (χ3n) is 2.89. The fourth-order valence-corrected chi connectivity index (χ4v) is 2.16. The smallest absolute Gasteiger partial charge is 0.00510 e. The van der Waals surface area contributed by atoms with Crippen LogP contribution < -0.4 is 5.32 Å². The predicted octanol–water partition coefficient (Wildman–Crippen LogP) is 1.96. The Morgan fingerprint density at radius 3 is 2.71 bits per heavy atom. The lowest BCUT2D eigenvalue weighted by Gasteiger charge is -2.32. The summed E-state index contributed by atoms with van der Waals surface area (Å²) < 4.78 is 0. The molecule has 1 heterocycles. The van der Waals surface area contributed by atoms with Gasteiger partial charge in [-0.25, -0.2) is 0 Å². The van der Waals surface area contributed by atoms with Crippen molar-refractivity contribution < 1.29 is 0 Å². The van der Waals surface area contributed by atoms with Crippen LogP contribution in [0.15, 0.2) is 0 Å². The molecule has 0 aromatic rings. The molecule has 0 aliphatic carbocycles. The lowest BCUT2D eigenvalue weighted by atomic mass is 10.1. The summed E-state index contributed by atoms with van der Waals surface area (Å²) in [5.74, 6) is 1.58. The summed E-state index contributed by atoms with van der Waals surface area (Å²) >= 11 is 0. The largest absolute Gasteiger partial charge is 0.314 e. The zero-order chi connectivity index (χ0) is 10.6. The predicted molar refractivity (Wildman–Crippen MR) is 62.5 cm³/mol. The summed E-state index contributed by atoms with van der Waals surface area (Å²) in [6.45, 7) is 14.2. The van der Waals surface area contributed by atoms with Crippen molar-refractivity contribution >= 4 is 0 Å². The summed E-state index contributed by atoms with van der Waals surface area (Å²) in [6, 6.07) is 0.687. The van der Waals surface area contributed by atoms with Crippen LogP contribution in [0.4, 0.5) is 0 Å². The molecule has 0 radical (unpaired) electrons. The van der Waals surface area contributed by atoms with E-state index in [1.54, 1.807) is 0 Å². The van der Waals surface area contributed by atoms with Crippen LogP contribution in [0.1, 0.15) is 34.1 Å². The van der Waals surface area contributed by atoms with Gasteiger partial charge in [0, 0.05) is 19.1 Å². The minimum atomic E-state index is 0.687. The molecule has 0 bridgehead atoms. The minimum Gasteiger partial charge on any atom is -0.314 e. The van der Waals surface area contributed by atoms with Gasteiger partial charge in [0.25, 0.3) is 0 Å². The number of hydrogen-bond donors (Lipinski definition) is 1. The lowest BCUT2D eigenvalue weighted by Crippen LogP contribution is -2.43. The first-order valence-electron chi connectivity index (χ1n) is 6.03. The summed E-state index contributed by atoms with van der Waals surface area (Å²) in [6.07, 6.45) is 1.29. The molecular formula is C12H26N2. The Labute approximate surface area is 89.1 Å². The van der Waals surface area contributed by atoms with Gasteiger partial charge in [0.2, 0.25) is 0 Å². The number of hydrogen-bond acceptors (Lipinski definition) is 2. The van der Waals surface area contributed by atoms with Gasteiger partial charge in [0.15, 0.2) is 0 Å². The SMILES string of the molecule is CC(C)CN1CCC(C)NCC(C)C1. The summed E-state index contributed by atoms with van der Waals surface area (Å²) in [4.78, 5) is 2.63. The summed E-state index contributed by atoms with van der Waals surface area (Å²) in [5.41, 5.74) is 0. The third kappa shape index (κ3) is 4.43. The van der Waals surface area contributed by atoms with Gasteiger partial charge in [-0.05, 0) is 38.3 Å². The van der Waals surface area contributed by atoms with Crippen LogP contribution in [-0.2, 0) is 0 Å². The lowest BCUT2D eigenvalue weighted by molar-refractivity contribution is 0.184. The average Bonchev–Trinajstić information content (AvgIpc) is 2.08. The van der Waals surface area contributed by atoms with Crippen LogP contribution in [0, 0.1) is 11.8 Å². The zero-order valence-electron chi connectivity index (χ0n) is 10.2. The molecule has 2 unspecified atom stereocenters. The van der Waals surface area contributed by atoms with Crippen LogP contribution >= 0.6 is 0 Å². The molecular weight excluding hydrogens is 172 g/mol. The van der Waals surface area contributed by atoms with E-state index in [-0.39, 0.29) is 0 Å². The number of nitrogens with zero attached hydrogens (tertiary/aromatic N) is 1. The van der Waals surface area contributed by atoms with Crippen molar-refractivity contribution in [1.82, 2.24) is 10.2 Å². The molecule has 2 atom stereocenters. The maximum absolute atomic E-state index is 3.58. The molecule has 1 fully saturated rings. The normalized spacial score (nSPS) is 31.5. The second kappa shape index (κ2) is 5.72. The molecule has 0 aromatic carbocycles. The molecule has 84 valence electrons. The molecule has 0 amide bonds. The van der Waals surface area contributed by atoms with Crippen LogP contribution in [0.25, 0.3) is 0 Å². The van der Waals surface area contributed by atoms with E-state index in [0.717, 1.165) is 11.8 Å². The first-order valence-corrected chi connectivity index (χ1v) is 6.03. The maximum Gasteiger partial charge on any atom is 0.00510 e. The standard InChI is InChI=1S/C12H26N2/c1-10(2)8-14-6-5-12(4)13-7-11(3)9-14/h10-13H,5-9H2,1-4H3. The van der Waals surface area contributed by atoms with Gasteiger partial charge < -0.3 is 10.2 Å². The Hall–Kier alpha value is -0.0800. The van der Waals surface area contributed by atoms with E-state index < -0.39 is 0 Å². The topological polar surface area (TPSA) is 15.3 Å². The Morgan fingerprint density at radius 1 is 1.36 bits per heavy atom. The minimum absolute atomic E-state index is 0.687. The monoisotopic (exact) mass is 198 g/mol. The summed E-state index contributed by atoms with van der Waals surface area (Å²) in [5, 5.41) is 3.58. The van der Waals surface area contributed by atoms with Gasteiger partial charge in [0.05, 0.1) is 0 Å². The van der Waals surface area contributed by atoms with E-state index in [4.69, 9.17) is 0 Å². The Kier molecular flexibility index (Phi) is 4.90. The molecule has 0 spiro atoms. The van der Waals surface area contributed by atoms with Crippen LogP contribution in [0.3, 0.4) is 0 Å². The third-order valence-corrected chi connectivity index (χ3v) is 2.89. The maximum atomic E-state index is 3.58. The first-order chi connectivity index (χ1) is 6.58. The van der Waals surface area contributed by atoms with Crippen molar-refractivity contribution in [3.63, 3.8) is 0 Å². The van der Waals surface area contributed by atoms with Crippen molar-refractivity contribution in [2.24, 2.45) is 11.8 Å². The van der Waals surface area contributed by atoms with Gasteiger partial charge >= 0.3 is 0 Å². The van der Waals surface area contributed by atoms with Crippen molar-refractivity contribution in [1.29, 1.82) is 0 Å². The van der Waals surface area contributed by atoms with E-state index in [1.165, 1.54) is 32.6 Å². The van der Waals surface area contributed by atoms with Crippen molar-refractivity contribution in [3.8, 4) is 0 Å². The molecule has 1 aliphatic rings. The molecule has 1 aliphatic heterocycles. The highest BCUT2D eigenvalue weighted by Crippen LogP contribution is 2.08. The molecule has 0 saturated carbocycles. The Balaban J connectivity index is 2.40. The molecule has 1 N–H and O–H groups in total. The van der Waals surface area contributed by atoms with Crippen molar-refractivity contribution in [2.45, 2.75) is 40.2 Å². The second-order valence-corrected chi connectivity index (χ2v) is 5.36. The highest BCUT2D eigenvalue weighted by Gasteiger charge is 2.16. The molecule has 1 saturated heterocycles. The quantitative estimate of drug-likeness (QED) is 0.730. The van der Waals surface area contributed by atoms with Crippen molar-refractivity contribution in [2.75, 3.05) is 26.2 Å². The van der Waals surface area contributed by atoms with E-state index in [1.807, 2.05) is 0 Å². The fourth-order valence-electron chi connectivity index (χ4n) is 2.16. The first kappa shape index (κ1) is 12.0. The van der Waals surface area contributed by atoms with Crippen LogP contribution in [0.5, 0.6) is 0 Å². The zero-order valence-corrected chi connectivity index (χ0v) is 10.2. The molecule has 2 nitrogen and oxygen atoms in total. The van der Waals surface area contributed by atoms with Gasteiger partial charge in [-0.2, -0.15) is 0 Å². The van der Waals surface area contributed by atoms with Crippen molar-refractivity contribution in [3.05, 3.63) is 0 Å². The highest BCUT2D eigenvalue weighted by atomic mass is 15.1. The van der Waals surface area contributed by atoms with E-state index in [2.05, 4.69) is 37.9 Å². The fraction of sp³-hybridized carbons (Fsp3) is 1.00. The number of rotatable bonds is 2. The van der Waals surface area contributed by atoms with Crippen LogP contribution in [-0.4, -0.2) is 37.1 Å². The summed E-state index contributed by atoms with van der Waals surface area (Å²) in [7, 11) is 0. The van der Waals surface area contributed by atoms with E-state index in [0.29, 0.717) is 6.04 Å². The van der Waals surface area contributed by atoms with E-state index >= 15 is 0 Å². The van der Waals surface area contributed by atoms with Gasteiger partial charge in [-0.3, -0.25) is 0 Å². The highest BCUT2D eigenvalue weighted by molar-refractivity contribution is 4.74. The second-order valence-electron chi connectivity index (χ2n) is 5.36. The average molecular weight is 198 g/mol. The number of nitrogens with one attached hydrogen (secondary N) is 1. The van der Waals surface area contributed by atoms with Gasteiger partial charge in [-0.15, -0.1) is 0 Å². The Bertz CT molecular complexity index is 156. The Morgan fingerprint density at radius 2 is 2.07 bits per heavy atom. The van der Waals surface area contributed by atoms with E-state index in [9.17, 15) is 0 Å². The molecule has 14 heavy (non-hydrogen) atoms. The van der Waals surface area contributed by atoms with Crippen LogP contribution in [0.2, 0.25) is 0 Å². The molecule has 1 rings (SSSR count). The van der Waals surface area contributed by atoms with Gasteiger partial charge in [-0.1, -0.05) is 20.8 Å².